The van der Waals surface area contributed by atoms with Crippen LogP contribution in [0.25, 0.3) is 0 Å². The Bertz CT molecular complexity index is 485. The predicted octanol–water partition coefficient (Wildman–Crippen LogP) is 2.34. The summed E-state index contributed by atoms with van der Waals surface area (Å²) in [6.45, 7) is 4.12. The highest BCUT2D eigenvalue weighted by Crippen LogP contribution is 2.49. The first-order valence-corrected chi connectivity index (χ1v) is 7.21. The molecule has 110 valence electrons. The van der Waals surface area contributed by atoms with Gasteiger partial charge in [0.2, 0.25) is 5.91 Å². The molecule has 4 heteroatoms. The number of hydrogen-bond acceptors (Lipinski definition) is 2. The maximum absolute atomic E-state index is 12.5. The van der Waals surface area contributed by atoms with Crippen LogP contribution in [0.5, 0.6) is 0 Å². The molecule has 1 N–H and O–H groups in total. The van der Waals surface area contributed by atoms with Crippen LogP contribution in [0.15, 0.2) is 24.3 Å². The molecule has 3 rings (SSSR count). The van der Waals surface area contributed by atoms with E-state index in [0.29, 0.717) is 17.9 Å². The molecule has 3 unspecified atom stereocenters. The number of aryl methyl sites for hydroxylation is 1. The van der Waals surface area contributed by atoms with Crippen LogP contribution in [0.2, 0.25) is 0 Å². The third-order valence-corrected chi connectivity index (χ3v) is 4.63. The number of nitrogens with zero attached hydrogens (tertiary/aromatic N) is 1. The number of halogens is 1. The van der Waals surface area contributed by atoms with Crippen molar-refractivity contribution in [1.29, 1.82) is 0 Å². The lowest BCUT2D eigenvalue weighted by molar-refractivity contribution is -0.133. The second kappa shape index (κ2) is 6.15. The Morgan fingerprint density at radius 3 is 2.75 bits per heavy atom. The van der Waals surface area contributed by atoms with E-state index in [0.717, 1.165) is 25.9 Å². The second-order valence-corrected chi connectivity index (χ2v) is 5.90. The molecular weight excluding hydrogens is 272 g/mol. The van der Waals surface area contributed by atoms with Crippen molar-refractivity contribution in [3.05, 3.63) is 35.4 Å². The fourth-order valence-electron chi connectivity index (χ4n) is 3.23. The Balaban J connectivity index is 0.00000147. The van der Waals surface area contributed by atoms with Crippen LogP contribution >= 0.6 is 12.4 Å². The summed E-state index contributed by atoms with van der Waals surface area (Å²) in [5.74, 6) is 0.999. The zero-order valence-corrected chi connectivity index (χ0v) is 13.0. The highest BCUT2D eigenvalue weighted by atomic mass is 35.5. The minimum atomic E-state index is 0. The zero-order chi connectivity index (χ0) is 13.4. The molecule has 0 spiro atoms. The van der Waals surface area contributed by atoms with Gasteiger partial charge in [-0.25, -0.2) is 0 Å². The highest BCUT2D eigenvalue weighted by molar-refractivity contribution is 5.85. The molecule has 0 bridgehead atoms. The molecular formula is C16H23ClN2O. The number of nitrogens with one attached hydrogen (secondary N) is 1. The van der Waals surface area contributed by atoms with Gasteiger partial charge >= 0.3 is 0 Å². The van der Waals surface area contributed by atoms with Crippen molar-refractivity contribution in [3.8, 4) is 0 Å². The molecule has 1 aliphatic carbocycles. The van der Waals surface area contributed by atoms with Crippen LogP contribution < -0.4 is 5.32 Å². The highest BCUT2D eigenvalue weighted by Gasteiger charge is 2.46. The molecule has 1 amide bonds. The molecule has 2 aliphatic rings. The summed E-state index contributed by atoms with van der Waals surface area (Å²) in [6.07, 6.45) is 2.11. The molecule has 20 heavy (non-hydrogen) atoms. The molecule has 1 aliphatic heterocycles. The van der Waals surface area contributed by atoms with Crippen molar-refractivity contribution in [2.75, 3.05) is 20.1 Å². The maximum atomic E-state index is 12.5. The van der Waals surface area contributed by atoms with Crippen LogP contribution in [-0.4, -0.2) is 37.0 Å². The monoisotopic (exact) mass is 294 g/mol. The Morgan fingerprint density at radius 1 is 1.35 bits per heavy atom. The molecule has 0 aromatic heterocycles. The lowest BCUT2D eigenvalue weighted by Crippen LogP contribution is -2.39. The number of carbonyl (C=O) groups is 1. The van der Waals surface area contributed by atoms with E-state index >= 15 is 0 Å². The maximum Gasteiger partial charge on any atom is 0.226 e. The van der Waals surface area contributed by atoms with E-state index in [1.54, 1.807) is 0 Å². The van der Waals surface area contributed by atoms with Crippen molar-refractivity contribution in [2.45, 2.75) is 31.7 Å². The lowest BCUT2D eigenvalue weighted by atomic mass is 10.0. The van der Waals surface area contributed by atoms with Gasteiger partial charge < -0.3 is 10.2 Å². The van der Waals surface area contributed by atoms with Gasteiger partial charge in [0.15, 0.2) is 0 Å². The molecule has 2 fully saturated rings. The summed E-state index contributed by atoms with van der Waals surface area (Å²) >= 11 is 0. The van der Waals surface area contributed by atoms with Gasteiger partial charge in [-0.3, -0.25) is 4.79 Å². The van der Waals surface area contributed by atoms with Gasteiger partial charge in [0.25, 0.3) is 0 Å². The van der Waals surface area contributed by atoms with Crippen molar-refractivity contribution in [3.63, 3.8) is 0 Å². The number of amides is 1. The van der Waals surface area contributed by atoms with Crippen molar-refractivity contribution in [1.82, 2.24) is 10.2 Å². The van der Waals surface area contributed by atoms with E-state index in [1.807, 2.05) is 11.9 Å². The van der Waals surface area contributed by atoms with Crippen molar-refractivity contribution in [2.24, 2.45) is 5.92 Å². The van der Waals surface area contributed by atoms with Gasteiger partial charge in [-0.05, 0) is 43.4 Å². The molecule has 1 heterocycles. The molecule has 1 aromatic rings. The van der Waals surface area contributed by atoms with Crippen molar-refractivity contribution < 1.29 is 4.79 Å². The molecule has 3 atom stereocenters. The summed E-state index contributed by atoms with van der Waals surface area (Å²) in [5.41, 5.74) is 2.67. The number of benzene rings is 1. The fraction of sp³-hybridized carbons (Fsp3) is 0.562. The first kappa shape index (κ1) is 15.3. The minimum absolute atomic E-state index is 0. The number of hydrogen-bond donors (Lipinski definition) is 1. The zero-order valence-electron chi connectivity index (χ0n) is 12.1. The third kappa shape index (κ3) is 2.84. The summed E-state index contributed by atoms with van der Waals surface area (Å²) < 4.78 is 0. The first-order chi connectivity index (χ1) is 9.18. The van der Waals surface area contributed by atoms with Gasteiger partial charge in [0.1, 0.15) is 0 Å². The topological polar surface area (TPSA) is 32.3 Å². The quantitative estimate of drug-likeness (QED) is 0.928. The molecule has 3 nitrogen and oxygen atoms in total. The molecule has 1 saturated carbocycles. The Morgan fingerprint density at radius 2 is 2.10 bits per heavy atom. The molecule has 0 radical (unpaired) electrons. The van der Waals surface area contributed by atoms with Crippen molar-refractivity contribution >= 4 is 18.3 Å². The second-order valence-electron chi connectivity index (χ2n) is 5.90. The average Bonchev–Trinajstić information content (AvgIpc) is 3.01. The third-order valence-electron chi connectivity index (χ3n) is 4.63. The lowest BCUT2D eigenvalue weighted by Gasteiger charge is -2.24. The standard InChI is InChI=1S/C16H22N2O.ClH/c1-11-5-3-4-6-13(11)14-9-15(14)16(19)18(2)12-7-8-17-10-12;/h3-6,12,14-15,17H,7-10H2,1-2H3;1H. The normalized spacial score (nSPS) is 27.8. The van der Waals surface area contributed by atoms with E-state index in [9.17, 15) is 4.79 Å². The largest absolute Gasteiger partial charge is 0.341 e. The van der Waals surface area contributed by atoms with E-state index < -0.39 is 0 Å². The van der Waals surface area contributed by atoms with Gasteiger partial charge in [0.05, 0.1) is 0 Å². The van der Waals surface area contributed by atoms with Gasteiger partial charge in [-0.2, -0.15) is 0 Å². The fourth-order valence-corrected chi connectivity index (χ4v) is 3.23. The first-order valence-electron chi connectivity index (χ1n) is 7.21. The Hall–Kier alpha value is -1.06. The minimum Gasteiger partial charge on any atom is -0.341 e. The number of likely N-dealkylation sites (N-methyl/N-ethyl adjacent to an activating group) is 1. The number of rotatable bonds is 3. The van der Waals surface area contributed by atoms with E-state index in [4.69, 9.17) is 0 Å². The van der Waals surface area contributed by atoms with Crippen LogP contribution in [0, 0.1) is 12.8 Å². The van der Waals surface area contributed by atoms with Crippen LogP contribution in [-0.2, 0) is 4.79 Å². The van der Waals surface area contributed by atoms with E-state index in [-0.39, 0.29) is 18.3 Å². The van der Waals surface area contributed by atoms with E-state index in [2.05, 4.69) is 36.5 Å². The van der Waals surface area contributed by atoms with E-state index in [1.165, 1.54) is 11.1 Å². The summed E-state index contributed by atoms with van der Waals surface area (Å²) in [6, 6.07) is 8.84. The summed E-state index contributed by atoms with van der Waals surface area (Å²) in [7, 11) is 1.97. The smallest absolute Gasteiger partial charge is 0.226 e. The SMILES string of the molecule is Cc1ccccc1C1CC1C(=O)N(C)C1CCNC1.Cl. The summed E-state index contributed by atoms with van der Waals surface area (Å²) in [5, 5.41) is 3.33. The Labute approximate surface area is 127 Å². The summed E-state index contributed by atoms with van der Waals surface area (Å²) in [4.78, 5) is 14.5. The van der Waals surface area contributed by atoms with Gasteiger partial charge in [-0.15, -0.1) is 12.4 Å². The van der Waals surface area contributed by atoms with Crippen LogP contribution in [0.4, 0.5) is 0 Å². The molecule has 1 aromatic carbocycles. The van der Waals surface area contributed by atoms with Gasteiger partial charge in [0, 0.05) is 25.6 Å². The van der Waals surface area contributed by atoms with Crippen LogP contribution in [0.3, 0.4) is 0 Å². The predicted molar refractivity (Wildman–Crippen MR) is 83.3 cm³/mol. The van der Waals surface area contributed by atoms with Gasteiger partial charge in [-0.1, -0.05) is 24.3 Å². The van der Waals surface area contributed by atoms with Crippen LogP contribution in [0.1, 0.15) is 29.9 Å². The number of carbonyl (C=O) groups excluding carboxylic acids is 1. The average molecular weight is 295 g/mol. The Kier molecular flexibility index (Phi) is 4.71. The molecule has 1 saturated heterocycles.